The van der Waals surface area contributed by atoms with E-state index >= 15 is 0 Å². The maximum Gasteiger partial charge on any atom is 0.0359 e. The zero-order valence-corrected chi connectivity index (χ0v) is 11.6. The molecule has 0 saturated heterocycles. The Bertz CT molecular complexity index is 289. The molecule has 0 radical (unpaired) electrons. The van der Waals surface area contributed by atoms with Crippen LogP contribution in [0.25, 0.3) is 0 Å². The molecule has 0 unspecified atom stereocenters. The molecular formula is C14H27N3. The van der Waals surface area contributed by atoms with Gasteiger partial charge < -0.3 is 14.8 Å². The lowest BCUT2D eigenvalue weighted by Crippen LogP contribution is -2.32. The summed E-state index contributed by atoms with van der Waals surface area (Å²) in [5, 5.41) is 3.52. The van der Waals surface area contributed by atoms with E-state index in [9.17, 15) is 0 Å². The van der Waals surface area contributed by atoms with E-state index in [-0.39, 0.29) is 0 Å². The maximum atomic E-state index is 3.52. The molecule has 0 aliphatic rings. The minimum absolute atomic E-state index is 0.980. The molecular weight excluding hydrogens is 210 g/mol. The van der Waals surface area contributed by atoms with Crippen LogP contribution in [-0.2, 0) is 13.1 Å². The predicted molar refractivity (Wildman–Crippen MR) is 74.2 cm³/mol. The Balaban J connectivity index is 2.23. The van der Waals surface area contributed by atoms with Gasteiger partial charge in [0.05, 0.1) is 0 Å². The van der Waals surface area contributed by atoms with Gasteiger partial charge in [-0.15, -0.1) is 0 Å². The van der Waals surface area contributed by atoms with Crippen molar-refractivity contribution in [3.8, 4) is 0 Å². The van der Waals surface area contributed by atoms with Crippen molar-refractivity contribution >= 4 is 0 Å². The largest absolute Gasteiger partial charge is 0.350 e. The normalized spacial score (nSPS) is 11.3. The van der Waals surface area contributed by atoms with Crippen molar-refractivity contribution in [2.75, 3.05) is 26.2 Å². The fraction of sp³-hybridized carbons (Fsp3) is 0.714. The summed E-state index contributed by atoms with van der Waals surface area (Å²) < 4.78 is 2.34. The van der Waals surface area contributed by atoms with Crippen LogP contribution >= 0.6 is 0 Å². The van der Waals surface area contributed by atoms with E-state index in [0.717, 1.165) is 39.3 Å². The van der Waals surface area contributed by atoms with Crippen molar-refractivity contribution in [2.24, 2.45) is 0 Å². The number of aromatic nitrogens is 1. The third kappa shape index (κ3) is 4.92. The lowest BCUT2D eigenvalue weighted by Gasteiger charge is -2.18. The van der Waals surface area contributed by atoms with Gasteiger partial charge in [-0.05, 0) is 31.6 Å². The molecule has 1 aromatic rings. The Kier molecular flexibility index (Phi) is 6.97. The standard InChI is InChI=1S/C14H27N3/c1-4-10-17-11-7-8-14(17)13-15-9-12-16(5-2)6-3/h7-8,11,15H,4-6,9-10,12-13H2,1-3H3. The fourth-order valence-corrected chi connectivity index (χ4v) is 2.06. The number of rotatable bonds is 9. The van der Waals surface area contributed by atoms with Gasteiger partial charge in [-0.3, -0.25) is 0 Å². The minimum atomic E-state index is 0.980. The lowest BCUT2D eigenvalue weighted by molar-refractivity contribution is 0.301. The summed E-state index contributed by atoms with van der Waals surface area (Å²) in [7, 11) is 0. The minimum Gasteiger partial charge on any atom is -0.350 e. The monoisotopic (exact) mass is 237 g/mol. The molecule has 1 rings (SSSR count). The molecule has 98 valence electrons. The molecule has 0 aliphatic carbocycles. The summed E-state index contributed by atoms with van der Waals surface area (Å²) in [6.07, 6.45) is 3.37. The zero-order chi connectivity index (χ0) is 12.5. The molecule has 0 spiro atoms. The van der Waals surface area contributed by atoms with Crippen LogP contribution in [0, 0.1) is 0 Å². The van der Waals surface area contributed by atoms with E-state index < -0.39 is 0 Å². The second kappa shape index (κ2) is 8.31. The summed E-state index contributed by atoms with van der Waals surface area (Å²) in [6, 6.07) is 4.34. The Morgan fingerprint density at radius 3 is 2.65 bits per heavy atom. The van der Waals surface area contributed by atoms with Crippen molar-refractivity contribution in [1.82, 2.24) is 14.8 Å². The highest BCUT2D eigenvalue weighted by Crippen LogP contribution is 2.02. The molecule has 3 heteroatoms. The fourth-order valence-electron chi connectivity index (χ4n) is 2.06. The topological polar surface area (TPSA) is 20.2 Å². The van der Waals surface area contributed by atoms with E-state index in [2.05, 4.69) is 53.9 Å². The van der Waals surface area contributed by atoms with Crippen molar-refractivity contribution in [2.45, 2.75) is 40.3 Å². The quantitative estimate of drug-likeness (QED) is 0.665. The van der Waals surface area contributed by atoms with Gasteiger partial charge in [-0.1, -0.05) is 20.8 Å². The van der Waals surface area contributed by atoms with Crippen LogP contribution < -0.4 is 5.32 Å². The third-order valence-corrected chi connectivity index (χ3v) is 3.19. The zero-order valence-electron chi connectivity index (χ0n) is 11.6. The Labute approximate surface area is 106 Å². The summed E-state index contributed by atoms with van der Waals surface area (Å²) in [6.45, 7) is 13.3. The van der Waals surface area contributed by atoms with Crippen LogP contribution in [0.4, 0.5) is 0 Å². The second-order valence-corrected chi connectivity index (χ2v) is 4.40. The van der Waals surface area contributed by atoms with Crippen LogP contribution in [0.15, 0.2) is 18.3 Å². The van der Waals surface area contributed by atoms with Gasteiger partial charge in [0.1, 0.15) is 0 Å². The number of nitrogens with zero attached hydrogens (tertiary/aromatic N) is 2. The molecule has 0 saturated carbocycles. The first-order valence-electron chi connectivity index (χ1n) is 6.88. The number of aryl methyl sites for hydroxylation is 1. The smallest absolute Gasteiger partial charge is 0.0359 e. The Hall–Kier alpha value is -0.800. The average Bonchev–Trinajstić information content (AvgIpc) is 2.78. The first-order valence-corrected chi connectivity index (χ1v) is 6.88. The van der Waals surface area contributed by atoms with Crippen molar-refractivity contribution in [3.63, 3.8) is 0 Å². The van der Waals surface area contributed by atoms with Gasteiger partial charge >= 0.3 is 0 Å². The molecule has 1 heterocycles. The SMILES string of the molecule is CCCn1cccc1CNCCN(CC)CC. The molecule has 0 bridgehead atoms. The van der Waals surface area contributed by atoms with E-state index in [1.165, 1.54) is 12.1 Å². The van der Waals surface area contributed by atoms with E-state index in [0.29, 0.717) is 0 Å². The van der Waals surface area contributed by atoms with Gasteiger partial charge in [-0.2, -0.15) is 0 Å². The van der Waals surface area contributed by atoms with Crippen LogP contribution in [0.5, 0.6) is 0 Å². The molecule has 0 aliphatic heterocycles. The molecule has 0 aromatic carbocycles. The van der Waals surface area contributed by atoms with Crippen LogP contribution in [0.1, 0.15) is 32.9 Å². The van der Waals surface area contributed by atoms with Crippen molar-refractivity contribution in [3.05, 3.63) is 24.0 Å². The molecule has 3 nitrogen and oxygen atoms in total. The highest BCUT2D eigenvalue weighted by Gasteiger charge is 2.01. The molecule has 1 aromatic heterocycles. The van der Waals surface area contributed by atoms with E-state index in [4.69, 9.17) is 0 Å². The first kappa shape index (κ1) is 14.3. The molecule has 1 N–H and O–H groups in total. The molecule has 0 fully saturated rings. The number of likely N-dealkylation sites (N-methyl/N-ethyl adjacent to an activating group) is 1. The Morgan fingerprint density at radius 2 is 2.00 bits per heavy atom. The van der Waals surface area contributed by atoms with Crippen molar-refractivity contribution < 1.29 is 0 Å². The molecule has 0 atom stereocenters. The number of hydrogen-bond donors (Lipinski definition) is 1. The van der Waals surface area contributed by atoms with E-state index in [1.807, 2.05) is 0 Å². The van der Waals surface area contributed by atoms with Crippen LogP contribution in [0.3, 0.4) is 0 Å². The van der Waals surface area contributed by atoms with Gasteiger partial charge in [0, 0.05) is 38.1 Å². The highest BCUT2D eigenvalue weighted by molar-refractivity contribution is 5.06. The molecule has 17 heavy (non-hydrogen) atoms. The van der Waals surface area contributed by atoms with Gasteiger partial charge in [0.2, 0.25) is 0 Å². The summed E-state index contributed by atoms with van der Waals surface area (Å²) in [5.74, 6) is 0. The van der Waals surface area contributed by atoms with Crippen molar-refractivity contribution in [1.29, 1.82) is 0 Å². The van der Waals surface area contributed by atoms with Crippen LogP contribution in [0.2, 0.25) is 0 Å². The average molecular weight is 237 g/mol. The first-order chi connectivity index (χ1) is 8.31. The van der Waals surface area contributed by atoms with Gasteiger partial charge in [0.25, 0.3) is 0 Å². The van der Waals surface area contributed by atoms with E-state index in [1.54, 1.807) is 0 Å². The Morgan fingerprint density at radius 1 is 1.24 bits per heavy atom. The number of hydrogen-bond acceptors (Lipinski definition) is 2. The van der Waals surface area contributed by atoms with Crippen LogP contribution in [-0.4, -0.2) is 35.6 Å². The van der Waals surface area contributed by atoms with Gasteiger partial charge in [-0.25, -0.2) is 0 Å². The lowest BCUT2D eigenvalue weighted by atomic mass is 10.4. The number of nitrogens with one attached hydrogen (secondary N) is 1. The highest BCUT2D eigenvalue weighted by atomic mass is 15.1. The summed E-state index contributed by atoms with van der Waals surface area (Å²) in [5.41, 5.74) is 1.39. The van der Waals surface area contributed by atoms with Gasteiger partial charge in [0.15, 0.2) is 0 Å². The molecule has 0 amide bonds. The third-order valence-electron chi connectivity index (χ3n) is 3.19. The second-order valence-electron chi connectivity index (χ2n) is 4.40. The maximum absolute atomic E-state index is 3.52. The summed E-state index contributed by atoms with van der Waals surface area (Å²) >= 11 is 0. The predicted octanol–water partition coefficient (Wildman–Crippen LogP) is 2.33. The summed E-state index contributed by atoms with van der Waals surface area (Å²) in [4.78, 5) is 2.44.